The van der Waals surface area contributed by atoms with Crippen molar-refractivity contribution in [3.8, 4) is 0 Å². The summed E-state index contributed by atoms with van der Waals surface area (Å²) in [6.45, 7) is 11.4. The Morgan fingerprint density at radius 3 is 2.06 bits per heavy atom. The van der Waals surface area contributed by atoms with Crippen molar-refractivity contribution in [2.75, 3.05) is 20.2 Å². The quantitative estimate of drug-likeness (QED) is 0.758. The molecule has 1 saturated carbocycles. The lowest BCUT2D eigenvalue weighted by molar-refractivity contribution is 0.0618. The van der Waals surface area contributed by atoms with Gasteiger partial charge in [-0.2, -0.15) is 0 Å². The molecule has 0 aromatic carbocycles. The molecule has 3 heteroatoms. The Hall–Kier alpha value is -0.120. The number of nitrogens with one attached hydrogen (secondary N) is 1. The summed E-state index contributed by atoms with van der Waals surface area (Å²) >= 11 is 0. The molecule has 1 rings (SSSR count). The number of hydrogen-bond acceptors (Lipinski definition) is 3. The van der Waals surface area contributed by atoms with Crippen molar-refractivity contribution in [3.63, 3.8) is 0 Å². The van der Waals surface area contributed by atoms with Crippen molar-refractivity contribution in [1.82, 2.24) is 10.2 Å². The van der Waals surface area contributed by atoms with E-state index in [4.69, 9.17) is 4.74 Å². The maximum Gasteiger partial charge on any atom is 0.0572 e. The Morgan fingerprint density at radius 1 is 1.06 bits per heavy atom. The van der Waals surface area contributed by atoms with E-state index in [2.05, 4.69) is 37.9 Å². The molecule has 0 unspecified atom stereocenters. The summed E-state index contributed by atoms with van der Waals surface area (Å²) in [5.74, 6) is 0. The van der Waals surface area contributed by atoms with Crippen LogP contribution in [0.25, 0.3) is 0 Å². The second-order valence-electron chi connectivity index (χ2n) is 6.09. The van der Waals surface area contributed by atoms with Crippen LogP contribution in [0, 0.1) is 0 Å². The average molecular weight is 256 g/mol. The smallest absolute Gasteiger partial charge is 0.0572 e. The Balaban J connectivity index is 2.17. The Kier molecular flexibility index (Phi) is 7.20. The molecule has 0 amide bonds. The van der Waals surface area contributed by atoms with E-state index in [0.717, 1.165) is 13.1 Å². The molecular weight excluding hydrogens is 224 g/mol. The maximum absolute atomic E-state index is 5.41. The molecule has 3 nitrogen and oxygen atoms in total. The Bertz CT molecular complexity index is 203. The Morgan fingerprint density at radius 2 is 1.61 bits per heavy atom. The molecule has 108 valence electrons. The fourth-order valence-corrected chi connectivity index (χ4v) is 3.01. The predicted octanol–water partition coefficient (Wildman–Crippen LogP) is 2.65. The highest BCUT2D eigenvalue weighted by Crippen LogP contribution is 2.20. The highest BCUT2D eigenvalue weighted by Gasteiger charge is 2.20. The van der Waals surface area contributed by atoms with Crippen molar-refractivity contribution in [3.05, 3.63) is 0 Å². The van der Waals surface area contributed by atoms with Crippen molar-refractivity contribution in [2.24, 2.45) is 0 Å². The molecule has 0 aromatic heterocycles. The summed E-state index contributed by atoms with van der Waals surface area (Å²) in [7, 11) is 1.83. The van der Waals surface area contributed by atoms with E-state index in [1.54, 1.807) is 0 Å². The minimum Gasteiger partial charge on any atom is -0.381 e. The van der Waals surface area contributed by atoms with E-state index in [1.807, 2.05) is 7.11 Å². The van der Waals surface area contributed by atoms with Crippen LogP contribution in [0.1, 0.15) is 53.4 Å². The number of nitrogens with zero attached hydrogens (tertiary/aromatic N) is 1. The molecule has 1 aliphatic rings. The highest BCUT2D eigenvalue weighted by molar-refractivity contribution is 4.78. The van der Waals surface area contributed by atoms with Crippen LogP contribution in [0.3, 0.4) is 0 Å². The summed E-state index contributed by atoms with van der Waals surface area (Å²) < 4.78 is 5.41. The molecule has 0 bridgehead atoms. The first kappa shape index (κ1) is 15.9. The summed E-state index contributed by atoms with van der Waals surface area (Å²) in [4.78, 5) is 2.55. The summed E-state index contributed by atoms with van der Waals surface area (Å²) in [5, 5.41) is 3.71. The second kappa shape index (κ2) is 8.13. The normalized spacial score (nSPS) is 25.3. The molecule has 0 aliphatic heterocycles. The van der Waals surface area contributed by atoms with Crippen LogP contribution in [-0.4, -0.2) is 49.3 Å². The maximum atomic E-state index is 5.41. The first-order valence-electron chi connectivity index (χ1n) is 7.56. The van der Waals surface area contributed by atoms with E-state index in [9.17, 15) is 0 Å². The zero-order chi connectivity index (χ0) is 13.5. The third-order valence-corrected chi connectivity index (χ3v) is 4.14. The molecule has 1 aliphatic carbocycles. The number of ether oxygens (including phenoxy) is 1. The highest BCUT2D eigenvalue weighted by atomic mass is 16.5. The van der Waals surface area contributed by atoms with Crippen LogP contribution in [-0.2, 0) is 4.74 Å². The van der Waals surface area contributed by atoms with Crippen molar-refractivity contribution < 1.29 is 4.74 Å². The average Bonchev–Trinajstić information content (AvgIpc) is 2.34. The first-order valence-corrected chi connectivity index (χ1v) is 7.56. The van der Waals surface area contributed by atoms with Crippen LogP contribution in [0.4, 0.5) is 0 Å². The van der Waals surface area contributed by atoms with Crippen molar-refractivity contribution >= 4 is 0 Å². The van der Waals surface area contributed by atoms with Gasteiger partial charge in [0.05, 0.1) is 6.10 Å². The number of rotatable bonds is 7. The molecule has 0 radical (unpaired) electrons. The van der Waals surface area contributed by atoms with E-state index in [-0.39, 0.29) is 0 Å². The van der Waals surface area contributed by atoms with E-state index in [0.29, 0.717) is 24.2 Å². The SMILES string of the molecule is COC1CCC(NCCN(C(C)C)C(C)C)CC1. The van der Waals surface area contributed by atoms with Gasteiger partial charge in [0.2, 0.25) is 0 Å². The van der Waals surface area contributed by atoms with Gasteiger partial charge in [-0.25, -0.2) is 0 Å². The van der Waals surface area contributed by atoms with Gasteiger partial charge in [-0.15, -0.1) is 0 Å². The van der Waals surface area contributed by atoms with Gasteiger partial charge >= 0.3 is 0 Å². The third kappa shape index (κ3) is 5.25. The molecule has 0 heterocycles. The van der Waals surface area contributed by atoms with E-state index < -0.39 is 0 Å². The van der Waals surface area contributed by atoms with E-state index in [1.165, 1.54) is 25.7 Å². The number of hydrogen-bond donors (Lipinski definition) is 1. The van der Waals surface area contributed by atoms with Gasteiger partial charge in [-0.3, -0.25) is 4.90 Å². The minimum atomic E-state index is 0.505. The first-order chi connectivity index (χ1) is 8.54. The van der Waals surface area contributed by atoms with Crippen LogP contribution >= 0.6 is 0 Å². The lowest BCUT2D eigenvalue weighted by atomic mass is 9.93. The molecule has 1 fully saturated rings. The second-order valence-corrected chi connectivity index (χ2v) is 6.09. The zero-order valence-electron chi connectivity index (χ0n) is 12.9. The predicted molar refractivity (Wildman–Crippen MR) is 78.0 cm³/mol. The summed E-state index contributed by atoms with van der Waals surface area (Å²) in [6.07, 6.45) is 5.47. The van der Waals surface area contributed by atoms with Gasteiger partial charge in [0.25, 0.3) is 0 Å². The molecule has 0 saturated heterocycles. The third-order valence-electron chi connectivity index (χ3n) is 4.14. The van der Waals surface area contributed by atoms with Gasteiger partial charge < -0.3 is 10.1 Å². The van der Waals surface area contributed by atoms with Gasteiger partial charge in [0.1, 0.15) is 0 Å². The van der Waals surface area contributed by atoms with Gasteiger partial charge in [-0.1, -0.05) is 0 Å². The Labute approximate surface area is 113 Å². The fraction of sp³-hybridized carbons (Fsp3) is 1.00. The fourth-order valence-electron chi connectivity index (χ4n) is 3.01. The van der Waals surface area contributed by atoms with Crippen LogP contribution < -0.4 is 5.32 Å². The van der Waals surface area contributed by atoms with Gasteiger partial charge in [-0.05, 0) is 53.4 Å². The minimum absolute atomic E-state index is 0.505. The zero-order valence-corrected chi connectivity index (χ0v) is 12.9. The summed E-state index contributed by atoms with van der Waals surface area (Å²) in [5.41, 5.74) is 0. The monoisotopic (exact) mass is 256 g/mol. The van der Waals surface area contributed by atoms with Crippen molar-refractivity contribution in [2.45, 2.75) is 77.6 Å². The summed E-state index contributed by atoms with van der Waals surface area (Å²) in [6, 6.07) is 1.98. The van der Waals surface area contributed by atoms with Gasteiger partial charge in [0.15, 0.2) is 0 Å². The molecule has 0 atom stereocenters. The molecule has 18 heavy (non-hydrogen) atoms. The number of methoxy groups -OCH3 is 1. The van der Waals surface area contributed by atoms with Crippen molar-refractivity contribution in [1.29, 1.82) is 0 Å². The van der Waals surface area contributed by atoms with Crippen LogP contribution in [0.2, 0.25) is 0 Å². The largest absolute Gasteiger partial charge is 0.381 e. The van der Waals surface area contributed by atoms with Gasteiger partial charge in [0, 0.05) is 38.3 Å². The lowest BCUT2D eigenvalue weighted by Crippen LogP contribution is -2.44. The van der Waals surface area contributed by atoms with Crippen LogP contribution in [0.5, 0.6) is 0 Å². The molecular formula is C15H32N2O. The topological polar surface area (TPSA) is 24.5 Å². The molecule has 1 N–H and O–H groups in total. The molecule has 0 aromatic rings. The van der Waals surface area contributed by atoms with E-state index >= 15 is 0 Å². The molecule has 0 spiro atoms. The standard InChI is InChI=1S/C15H32N2O/c1-12(2)17(13(3)4)11-10-16-14-6-8-15(18-5)9-7-14/h12-16H,6-11H2,1-5H3. The van der Waals surface area contributed by atoms with Crippen LogP contribution in [0.15, 0.2) is 0 Å². The lowest BCUT2D eigenvalue weighted by Gasteiger charge is -2.32.